The van der Waals surface area contributed by atoms with E-state index in [0.29, 0.717) is 0 Å². The fourth-order valence-electron chi connectivity index (χ4n) is 3.10. The minimum atomic E-state index is -0.130. The monoisotopic (exact) mass is 339 g/mol. The van der Waals surface area contributed by atoms with E-state index < -0.39 is 0 Å². The second-order valence-corrected chi connectivity index (χ2v) is 6.22. The molecule has 1 atom stereocenters. The number of likely N-dealkylation sites (tertiary alicyclic amines) is 1. The maximum atomic E-state index is 11.8. The molecule has 1 aromatic carbocycles. The van der Waals surface area contributed by atoms with E-state index >= 15 is 0 Å². The minimum absolute atomic E-state index is 0.115. The van der Waals surface area contributed by atoms with Gasteiger partial charge in [-0.2, -0.15) is 0 Å². The van der Waals surface area contributed by atoms with Crippen molar-refractivity contribution in [2.75, 3.05) is 20.3 Å². The first-order chi connectivity index (χ1) is 9.69. The van der Waals surface area contributed by atoms with Crippen molar-refractivity contribution < 1.29 is 14.3 Å². The van der Waals surface area contributed by atoms with E-state index in [0.717, 1.165) is 54.7 Å². The molecule has 0 saturated carbocycles. The molecule has 0 aromatic heterocycles. The van der Waals surface area contributed by atoms with Gasteiger partial charge in [0.05, 0.1) is 13.7 Å². The van der Waals surface area contributed by atoms with Crippen LogP contribution in [0.1, 0.15) is 24.0 Å². The van der Waals surface area contributed by atoms with Gasteiger partial charge in [-0.15, -0.1) is 0 Å². The lowest BCUT2D eigenvalue weighted by atomic mass is 10.1. The van der Waals surface area contributed by atoms with Crippen molar-refractivity contribution in [1.82, 2.24) is 4.90 Å². The number of ether oxygens (including phenoxy) is 2. The zero-order valence-electron chi connectivity index (χ0n) is 11.5. The first kappa shape index (κ1) is 13.9. The molecular formula is C15H18BrNO3. The topological polar surface area (TPSA) is 38.8 Å². The molecule has 0 aliphatic carbocycles. The van der Waals surface area contributed by atoms with Crippen LogP contribution in [0.3, 0.4) is 0 Å². The minimum Gasteiger partial charge on any atom is -0.493 e. The lowest BCUT2D eigenvalue weighted by molar-refractivity contribution is -0.146. The summed E-state index contributed by atoms with van der Waals surface area (Å²) in [6.45, 7) is 2.42. The Morgan fingerprint density at radius 2 is 2.40 bits per heavy atom. The Balaban J connectivity index is 1.83. The SMILES string of the molecule is COC(=O)C1CCCN1Cc1cc(Br)cc2c1OCC2. The van der Waals surface area contributed by atoms with Crippen molar-refractivity contribution in [3.8, 4) is 5.75 Å². The summed E-state index contributed by atoms with van der Waals surface area (Å²) in [7, 11) is 1.46. The highest BCUT2D eigenvalue weighted by Gasteiger charge is 2.32. The summed E-state index contributed by atoms with van der Waals surface area (Å²) in [5.74, 6) is 0.874. The number of rotatable bonds is 3. The molecule has 3 rings (SSSR count). The lowest BCUT2D eigenvalue weighted by Crippen LogP contribution is -2.36. The molecule has 2 heterocycles. The number of halogens is 1. The summed E-state index contributed by atoms with van der Waals surface area (Å²) >= 11 is 3.56. The molecule has 2 aliphatic rings. The summed E-state index contributed by atoms with van der Waals surface area (Å²) in [5.41, 5.74) is 2.41. The molecule has 1 aromatic rings. The van der Waals surface area contributed by atoms with E-state index in [1.54, 1.807) is 0 Å². The van der Waals surface area contributed by atoms with Crippen LogP contribution in [0.25, 0.3) is 0 Å². The van der Waals surface area contributed by atoms with Crippen molar-refractivity contribution in [2.45, 2.75) is 31.8 Å². The van der Waals surface area contributed by atoms with Gasteiger partial charge in [0.25, 0.3) is 0 Å². The van der Waals surface area contributed by atoms with Crippen LogP contribution in [-0.4, -0.2) is 37.2 Å². The van der Waals surface area contributed by atoms with E-state index in [2.05, 4.69) is 33.0 Å². The predicted octanol–water partition coefficient (Wildman–Crippen LogP) is 2.52. The summed E-state index contributed by atoms with van der Waals surface area (Å²) in [6.07, 6.45) is 2.88. The second kappa shape index (κ2) is 5.74. The Hall–Kier alpha value is -1.07. The van der Waals surface area contributed by atoms with E-state index in [1.165, 1.54) is 12.7 Å². The molecule has 0 bridgehead atoms. The van der Waals surface area contributed by atoms with Gasteiger partial charge in [0.1, 0.15) is 11.8 Å². The number of hydrogen-bond acceptors (Lipinski definition) is 4. The number of methoxy groups -OCH3 is 1. The predicted molar refractivity (Wildman–Crippen MR) is 78.8 cm³/mol. The fraction of sp³-hybridized carbons (Fsp3) is 0.533. The molecule has 20 heavy (non-hydrogen) atoms. The molecule has 2 aliphatic heterocycles. The van der Waals surface area contributed by atoms with Crippen LogP contribution in [0, 0.1) is 0 Å². The Labute approximate surface area is 127 Å². The molecule has 0 amide bonds. The van der Waals surface area contributed by atoms with Gasteiger partial charge >= 0.3 is 5.97 Å². The van der Waals surface area contributed by atoms with Gasteiger partial charge < -0.3 is 9.47 Å². The zero-order chi connectivity index (χ0) is 14.1. The Morgan fingerprint density at radius 3 is 3.20 bits per heavy atom. The normalized spacial score (nSPS) is 21.6. The largest absolute Gasteiger partial charge is 0.493 e. The maximum absolute atomic E-state index is 11.8. The van der Waals surface area contributed by atoms with Crippen molar-refractivity contribution >= 4 is 21.9 Å². The third kappa shape index (κ3) is 2.56. The Bertz CT molecular complexity index is 532. The summed E-state index contributed by atoms with van der Waals surface area (Å²) < 4.78 is 11.7. The van der Waals surface area contributed by atoms with Gasteiger partial charge in [0.2, 0.25) is 0 Å². The average Bonchev–Trinajstić information content (AvgIpc) is 3.06. The van der Waals surface area contributed by atoms with Crippen LogP contribution in [0.5, 0.6) is 5.75 Å². The van der Waals surface area contributed by atoms with Crippen LogP contribution >= 0.6 is 15.9 Å². The van der Waals surface area contributed by atoms with Gasteiger partial charge in [0, 0.05) is 23.0 Å². The number of carbonyl (C=O) groups excluding carboxylic acids is 1. The van der Waals surface area contributed by atoms with Crippen molar-refractivity contribution in [2.24, 2.45) is 0 Å². The first-order valence-electron chi connectivity index (χ1n) is 6.95. The highest BCUT2D eigenvalue weighted by Crippen LogP contribution is 2.35. The van der Waals surface area contributed by atoms with Gasteiger partial charge in [0.15, 0.2) is 0 Å². The second-order valence-electron chi connectivity index (χ2n) is 5.30. The average molecular weight is 340 g/mol. The maximum Gasteiger partial charge on any atom is 0.323 e. The van der Waals surface area contributed by atoms with Crippen LogP contribution in [-0.2, 0) is 22.5 Å². The Kier molecular flexibility index (Phi) is 3.98. The van der Waals surface area contributed by atoms with E-state index in [4.69, 9.17) is 9.47 Å². The Morgan fingerprint density at radius 1 is 1.55 bits per heavy atom. The van der Waals surface area contributed by atoms with Crippen LogP contribution in [0.2, 0.25) is 0 Å². The molecule has 4 nitrogen and oxygen atoms in total. The van der Waals surface area contributed by atoms with E-state index in [-0.39, 0.29) is 12.0 Å². The number of hydrogen-bond donors (Lipinski definition) is 0. The quantitative estimate of drug-likeness (QED) is 0.793. The van der Waals surface area contributed by atoms with Crippen molar-refractivity contribution in [1.29, 1.82) is 0 Å². The van der Waals surface area contributed by atoms with Gasteiger partial charge in [-0.1, -0.05) is 15.9 Å². The van der Waals surface area contributed by atoms with Crippen LogP contribution in [0.4, 0.5) is 0 Å². The first-order valence-corrected chi connectivity index (χ1v) is 7.74. The molecule has 1 fully saturated rings. The number of benzene rings is 1. The third-order valence-electron chi connectivity index (χ3n) is 4.04. The van der Waals surface area contributed by atoms with Gasteiger partial charge in [-0.05, 0) is 37.1 Å². The third-order valence-corrected chi connectivity index (χ3v) is 4.49. The standard InChI is InChI=1S/C15H18BrNO3/c1-19-15(18)13-3-2-5-17(13)9-11-8-12(16)7-10-4-6-20-14(10)11/h7-8,13H,2-6,9H2,1H3. The van der Waals surface area contributed by atoms with E-state index in [1.807, 2.05) is 0 Å². The van der Waals surface area contributed by atoms with Gasteiger partial charge in [-0.3, -0.25) is 9.69 Å². The molecule has 1 unspecified atom stereocenters. The molecule has 0 spiro atoms. The highest BCUT2D eigenvalue weighted by molar-refractivity contribution is 9.10. The molecule has 0 radical (unpaired) electrons. The molecule has 0 N–H and O–H groups in total. The number of esters is 1. The highest BCUT2D eigenvalue weighted by atomic mass is 79.9. The summed E-state index contributed by atoms with van der Waals surface area (Å²) in [6, 6.07) is 4.10. The van der Waals surface area contributed by atoms with Gasteiger partial charge in [-0.25, -0.2) is 0 Å². The van der Waals surface area contributed by atoms with E-state index in [9.17, 15) is 4.79 Å². The summed E-state index contributed by atoms with van der Waals surface area (Å²) in [5, 5.41) is 0. The van der Waals surface area contributed by atoms with Crippen molar-refractivity contribution in [3.05, 3.63) is 27.7 Å². The molecule has 108 valence electrons. The van der Waals surface area contributed by atoms with Crippen LogP contribution < -0.4 is 4.74 Å². The lowest BCUT2D eigenvalue weighted by Gasteiger charge is -2.23. The zero-order valence-corrected chi connectivity index (χ0v) is 13.1. The smallest absolute Gasteiger partial charge is 0.323 e. The fourth-order valence-corrected chi connectivity index (χ4v) is 3.65. The molecular weight excluding hydrogens is 322 g/mol. The number of carbonyl (C=O) groups is 1. The number of nitrogens with zero attached hydrogens (tertiary/aromatic N) is 1. The van der Waals surface area contributed by atoms with Crippen LogP contribution in [0.15, 0.2) is 16.6 Å². The number of fused-ring (bicyclic) bond motifs is 1. The molecule has 5 heteroatoms. The summed E-state index contributed by atoms with van der Waals surface area (Å²) in [4.78, 5) is 14.0. The molecule has 1 saturated heterocycles. The van der Waals surface area contributed by atoms with Crippen molar-refractivity contribution in [3.63, 3.8) is 0 Å².